The Morgan fingerprint density at radius 1 is 0.710 bits per heavy atom. The van der Waals surface area contributed by atoms with Crippen LogP contribution in [0.5, 0.6) is 0 Å². The van der Waals surface area contributed by atoms with Crippen LogP contribution in [0, 0.1) is 0 Å². The molecule has 0 aromatic heterocycles. The highest BCUT2D eigenvalue weighted by Crippen LogP contribution is 2.12. The van der Waals surface area contributed by atoms with Gasteiger partial charge in [0.15, 0.2) is 0 Å². The molecule has 2 aromatic carbocycles. The van der Waals surface area contributed by atoms with Gasteiger partial charge in [0.2, 0.25) is 11.8 Å². The van der Waals surface area contributed by atoms with Gasteiger partial charge in [0.05, 0.1) is 11.4 Å². The summed E-state index contributed by atoms with van der Waals surface area (Å²) in [6, 6.07) is 14.5. The average Bonchev–Trinajstić information content (AvgIpc) is 2.77. The molecular weight excluding hydrogens is 435 g/mol. The second kappa shape index (κ2) is 12.9. The van der Waals surface area contributed by atoms with Gasteiger partial charge in [-0.15, -0.1) is 0 Å². The second-order valence-electron chi connectivity index (χ2n) is 6.76. The van der Waals surface area contributed by atoms with E-state index in [1.54, 1.807) is 24.3 Å². The van der Waals surface area contributed by atoms with Crippen molar-refractivity contribution < 1.29 is 9.59 Å². The van der Waals surface area contributed by atoms with Gasteiger partial charge in [-0.25, -0.2) is 10.9 Å². The van der Waals surface area contributed by atoms with Crippen molar-refractivity contribution in [2.24, 2.45) is 10.2 Å². The number of hydrogen-bond donors (Lipinski definition) is 2. The number of halogens is 2. The first-order valence-electron chi connectivity index (χ1n) is 10.2. The summed E-state index contributed by atoms with van der Waals surface area (Å²) < 4.78 is 0. The van der Waals surface area contributed by atoms with E-state index in [4.69, 9.17) is 23.2 Å². The van der Waals surface area contributed by atoms with Gasteiger partial charge in [0.25, 0.3) is 0 Å². The third-order valence-corrected chi connectivity index (χ3v) is 4.97. The smallest absolute Gasteiger partial charge is 0.240 e. The maximum absolute atomic E-state index is 12.0. The van der Waals surface area contributed by atoms with E-state index in [2.05, 4.69) is 21.1 Å². The molecule has 2 amide bonds. The zero-order valence-corrected chi connectivity index (χ0v) is 19.1. The zero-order chi connectivity index (χ0) is 22.6. The number of benzene rings is 2. The fourth-order valence-electron chi connectivity index (χ4n) is 2.76. The molecule has 0 radical (unpaired) electrons. The Kier molecular flexibility index (Phi) is 10.2. The van der Waals surface area contributed by atoms with Gasteiger partial charge in [0, 0.05) is 22.9 Å². The van der Waals surface area contributed by atoms with Gasteiger partial charge < -0.3 is 0 Å². The molecule has 0 saturated heterocycles. The summed E-state index contributed by atoms with van der Waals surface area (Å²) in [5.74, 6) is -0.488. The summed E-state index contributed by atoms with van der Waals surface area (Å²) in [5.41, 5.74) is 8.42. The molecule has 0 saturated carbocycles. The van der Waals surface area contributed by atoms with Crippen LogP contribution < -0.4 is 10.9 Å². The molecule has 0 aliphatic carbocycles. The van der Waals surface area contributed by atoms with E-state index in [9.17, 15) is 9.59 Å². The van der Waals surface area contributed by atoms with E-state index < -0.39 is 0 Å². The monoisotopic (exact) mass is 460 g/mol. The first-order chi connectivity index (χ1) is 14.9. The fourth-order valence-corrected chi connectivity index (χ4v) is 3.01. The molecule has 31 heavy (non-hydrogen) atoms. The summed E-state index contributed by atoms with van der Waals surface area (Å²) >= 11 is 11.8. The van der Waals surface area contributed by atoms with E-state index >= 15 is 0 Å². The van der Waals surface area contributed by atoms with Crippen molar-refractivity contribution in [3.8, 4) is 0 Å². The molecule has 0 bridgehead atoms. The van der Waals surface area contributed by atoms with Gasteiger partial charge in [0.1, 0.15) is 0 Å². The molecule has 2 N–H and O–H groups in total. The number of hydrogen-bond acceptors (Lipinski definition) is 4. The zero-order valence-electron chi connectivity index (χ0n) is 17.6. The minimum atomic E-state index is -0.244. The molecule has 0 fully saturated rings. The quantitative estimate of drug-likeness (QED) is 0.371. The Hall–Kier alpha value is -2.70. The van der Waals surface area contributed by atoms with Crippen LogP contribution in [0.1, 0.15) is 57.1 Å². The number of rotatable bonds is 10. The lowest BCUT2D eigenvalue weighted by atomic mass is 10.1. The van der Waals surface area contributed by atoms with E-state index in [0.29, 0.717) is 29.3 Å². The molecule has 2 rings (SSSR count). The van der Waals surface area contributed by atoms with Crippen LogP contribution in [0.25, 0.3) is 0 Å². The molecule has 0 heterocycles. The summed E-state index contributed by atoms with van der Waals surface area (Å²) in [6.45, 7) is 3.91. The van der Waals surface area contributed by atoms with Crippen molar-refractivity contribution in [2.75, 3.05) is 0 Å². The number of hydrazone groups is 2. The van der Waals surface area contributed by atoms with Crippen LogP contribution in [0.2, 0.25) is 10.0 Å². The normalized spacial score (nSPS) is 11.9. The maximum Gasteiger partial charge on any atom is 0.240 e. The summed E-state index contributed by atoms with van der Waals surface area (Å²) in [4.78, 5) is 24.1. The van der Waals surface area contributed by atoms with E-state index in [0.717, 1.165) is 22.6 Å². The van der Waals surface area contributed by atoms with Crippen molar-refractivity contribution >= 4 is 46.4 Å². The molecule has 0 aliphatic rings. The molecule has 0 atom stereocenters. The first kappa shape index (κ1) is 24.6. The number of nitrogens with zero attached hydrogens (tertiary/aromatic N) is 2. The lowest BCUT2D eigenvalue weighted by Gasteiger charge is -2.06. The van der Waals surface area contributed by atoms with Crippen molar-refractivity contribution in [3.05, 3.63) is 69.7 Å². The highest BCUT2D eigenvalue weighted by atomic mass is 35.5. The predicted molar refractivity (Wildman–Crippen MR) is 127 cm³/mol. The number of nitrogens with one attached hydrogen (secondary N) is 2. The molecule has 0 aliphatic heterocycles. The minimum absolute atomic E-state index is 0.191. The van der Waals surface area contributed by atoms with Crippen molar-refractivity contribution in [3.63, 3.8) is 0 Å². The van der Waals surface area contributed by atoms with E-state index in [-0.39, 0.29) is 24.7 Å². The molecule has 0 spiro atoms. The van der Waals surface area contributed by atoms with Gasteiger partial charge in [-0.2, -0.15) is 10.2 Å². The molecule has 6 nitrogen and oxygen atoms in total. The Bertz CT molecular complexity index is 862. The molecule has 8 heteroatoms. The van der Waals surface area contributed by atoms with Gasteiger partial charge in [-0.05, 0) is 54.7 Å². The Morgan fingerprint density at radius 2 is 1.06 bits per heavy atom. The maximum atomic E-state index is 12.0. The predicted octanol–water partition coefficient (Wildman–Crippen LogP) is 5.32. The molecule has 0 unspecified atom stereocenters. The van der Waals surface area contributed by atoms with Crippen LogP contribution in [-0.4, -0.2) is 23.2 Å². The summed E-state index contributed by atoms with van der Waals surface area (Å²) in [5, 5.41) is 9.67. The van der Waals surface area contributed by atoms with Crippen LogP contribution >= 0.6 is 23.2 Å². The first-order valence-corrected chi connectivity index (χ1v) is 10.9. The topological polar surface area (TPSA) is 82.9 Å². The third-order valence-electron chi connectivity index (χ3n) is 4.46. The number of amides is 2. The molecular formula is C23H26Cl2N4O2. The summed E-state index contributed by atoms with van der Waals surface area (Å²) in [7, 11) is 0. The number of carbonyl (C=O) groups excluding carboxylic acids is 2. The van der Waals surface area contributed by atoms with E-state index in [1.165, 1.54) is 0 Å². The molecule has 2 aromatic rings. The van der Waals surface area contributed by atoms with Crippen LogP contribution in [0.3, 0.4) is 0 Å². The minimum Gasteiger partial charge on any atom is -0.273 e. The van der Waals surface area contributed by atoms with Crippen molar-refractivity contribution in [1.82, 2.24) is 10.9 Å². The van der Waals surface area contributed by atoms with Crippen LogP contribution in [0.4, 0.5) is 0 Å². The van der Waals surface area contributed by atoms with Gasteiger partial charge in [-0.3, -0.25) is 9.59 Å². The lowest BCUT2D eigenvalue weighted by molar-refractivity contribution is -0.122. The fraction of sp³-hybridized carbons (Fsp3) is 0.304. The van der Waals surface area contributed by atoms with Crippen molar-refractivity contribution in [1.29, 1.82) is 0 Å². The van der Waals surface area contributed by atoms with E-state index in [1.807, 2.05) is 38.1 Å². The van der Waals surface area contributed by atoms with Crippen LogP contribution in [-0.2, 0) is 9.59 Å². The number of carbonyl (C=O) groups is 2. The molecule has 164 valence electrons. The SMILES string of the molecule is CCC(=NNC(=O)CCCC(=O)NN=C(CC)c1ccc(Cl)cc1)c1ccc(Cl)cc1. The Balaban J connectivity index is 1.78. The van der Waals surface area contributed by atoms with Crippen molar-refractivity contribution in [2.45, 2.75) is 46.0 Å². The lowest BCUT2D eigenvalue weighted by Crippen LogP contribution is -2.22. The Labute approximate surface area is 192 Å². The van der Waals surface area contributed by atoms with Gasteiger partial charge >= 0.3 is 0 Å². The highest BCUT2D eigenvalue weighted by Gasteiger charge is 2.07. The van der Waals surface area contributed by atoms with Gasteiger partial charge in [-0.1, -0.05) is 61.3 Å². The average molecular weight is 461 g/mol. The standard InChI is InChI=1S/C23H26Cl2N4O2/c1-3-20(16-8-12-18(24)13-9-16)26-28-22(30)6-5-7-23(31)29-27-21(4-2)17-10-14-19(25)15-11-17/h8-15H,3-7H2,1-2H3,(H,28,30)(H,29,31). The largest absolute Gasteiger partial charge is 0.273 e. The third kappa shape index (κ3) is 8.52. The summed E-state index contributed by atoms with van der Waals surface area (Å²) in [6.07, 6.45) is 2.10. The Morgan fingerprint density at radius 3 is 1.39 bits per heavy atom. The highest BCUT2D eigenvalue weighted by molar-refractivity contribution is 6.31. The second-order valence-corrected chi connectivity index (χ2v) is 7.63. The van der Waals surface area contributed by atoms with Crippen LogP contribution in [0.15, 0.2) is 58.7 Å².